The van der Waals surface area contributed by atoms with Crippen LogP contribution in [-0.2, 0) is 11.3 Å². The van der Waals surface area contributed by atoms with E-state index in [1.807, 2.05) is 0 Å². The van der Waals surface area contributed by atoms with Crippen LogP contribution in [-0.4, -0.2) is 29.6 Å². The summed E-state index contributed by atoms with van der Waals surface area (Å²) in [7, 11) is 0. The molecule has 0 saturated heterocycles. The Kier molecular flexibility index (Phi) is 4.57. The van der Waals surface area contributed by atoms with Gasteiger partial charge >= 0.3 is 5.97 Å². The lowest BCUT2D eigenvalue weighted by Crippen LogP contribution is -2.26. The maximum Gasteiger partial charge on any atom is 0.339 e. The zero-order valence-electron chi connectivity index (χ0n) is 10.6. The minimum absolute atomic E-state index is 0.0912. The predicted molar refractivity (Wildman–Crippen MR) is 67.8 cm³/mol. The van der Waals surface area contributed by atoms with Crippen molar-refractivity contribution in [2.24, 2.45) is 0 Å². The third kappa shape index (κ3) is 4.40. The largest absolute Gasteiger partial charge is 0.478 e. The summed E-state index contributed by atoms with van der Waals surface area (Å²) in [5, 5.41) is 14.9. The maximum absolute atomic E-state index is 11.4. The van der Waals surface area contributed by atoms with Gasteiger partial charge in [0.05, 0.1) is 12.8 Å². The highest BCUT2D eigenvalue weighted by Crippen LogP contribution is 2.18. The molecule has 0 aromatic carbocycles. The quantitative estimate of drug-likeness (QED) is 0.613. The van der Waals surface area contributed by atoms with Gasteiger partial charge in [0.1, 0.15) is 11.3 Å². The molecule has 0 aliphatic heterocycles. The average Bonchev–Trinajstić information content (AvgIpc) is 3.04. The van der Waals surface area contributed by atoms with Crippen molar-refractivity contribution in [3.63, 3.8) is 0 Å². The summed E-state index contributed by atoms with van der Waals surface area (Å²) < 4.78 is 5.09. The topological polar surface area (TPSA) is 91.6 Å². The monoisotopic (exact) mass is 266 g/mol. The highest BCUT2D eigenvalue weighted by atomic mass is 16.4. The zero-order chi connectivity index (χ0) is 13.7. The molecule has 1 saturated carbocycles. The first-order chi connectivity index (χ1) is 9.16. The number of furan rings is 1. The molecule has 1 amide bonds. The van der Waals surface area contributed by atoms with E-state index in [-0.39, 0.29) is 11.5 Å². The molecular weight excluding hydrogens is 248 g/mol. The lowest BCUT2D eigenvalue weighted by atomic mass is 10.2. The van der Waals surface area contributed by atoms with Gasteiger partial charge in [0.2, 0.25) is 5.91 Å². The Morgan fingerprint density at radius 2 is 2.21 bits per heavy atom. The molecule has 1 aliphatic carbocycles. The number of rotatable bonds is 8. The molecule has 0 atom stereocenters. The van der Waals surface area contributed by atoms with Crippen LogP contribution >= 0.6 is 0 Å². The van der Waals surface area contributed by atoms with Crippen molar-refractivity contribution in [3.8, 4) is 0 Å². The van der Waals surface area contributed by atoms with E-state index in [0.717, 1.165) is 19.3 Å². The van der Waals surface area contributed by atoms with E-state index in [9.17, 15) is 9.59 Å². The normalized spacial score (nSPS) is 14.3. The molecule has 2 rings (SSSR count). The second kappa shape index (κ2) is 6.38. The van der Waals surface area contributed by atoms with Gasteiger partial charge in [-0.25, -0.2) is 4.79 Å². The fourth-order valence-corrected chi connectivity index (χ4v) is 1.77. The molecule has 1 fully saturated rings. The second-order valence-electron chi connectivity index (χ2n) is 4.68. The Hall–Kier alpha value is -1.82. The van der Waals surface area contributed by atoms with Crippen molar-refractivity contribution in [2.45, 2.75) is 38.3 Å². The van der Waals surface area contributed by atoms with Gasteiger partial charge < -0.3 is 20.2 Å². The number of carbonyl (C=O) groups excluding carboxylic acids is 1. The Bertz CT molecular complexity index is 451. The molecule has 19 heavy (non-hydrogen) atoms. The predicted octanol–water partition coefficient (Wildman–Crippen LogP) is 1.13. The summed E-state index contributed by atoms with van der Waals surface area (Å²) in [4.78, 5) is 22.2. The van der Waals surface area contributed by atoms with Crippen LogP contribution in [0.4, 0.5) is 0 Å². The van der Waals surface area contributed by atoms with Crippen LogP contribution in [0.25, 0.3) is 0 Å². The third-order valence-corrected chi connectivity index (χ3v) is 2.96. The van der Waals surface area contributed by atoms with Crippen molar-refractivity contribution < 1.29 is 19.1 Å². The number of hydrogen-bond acceptors (Lipinski definition) is 4. The SMILES string of the molecule is O=C(CCCNCc1occc1C(=O)O)NC1CC1. The Balaban J connectivity index is 1.59. The van der Waals surface area contributed by atoms with E-state index in [1.54, 1.807) is 0 Å². The van der Waals surface area contributed by atoms with Crippen LogP contribution < -0.4 is 10.6 Å². The lowest BCUT2D eigenvalue weighted by Gasteiger charge is -2.04. The van der Waals surface area contributed by atoms with Gasteiger partial charge in [-0.05, 0) is 31.9 Å². The van der Waals surface area contributed by atoms with Gasteiger partial charge in [-0.15, -0.1) is 0 Å². The number of carboxylic acids is 1. The first-order valence-electron chi connectivity index (χ1n) is 6.46. The first-order valence-corrected chi connectivity index (χ1v) is 6.46. The molecule has 1 aromatic rings. The molecule has 0 bridgehead atoms. The van der Waals surface area contributed by atoms with Crippen molar-refractivity contribution in [2.75, 3.05) is 6.54 Å². The van der Waals surface area contributed by atoms with Gasteiger partial charge in [-0.3, -0.25) is 4.79 Å². The molecule has 0 unspecified atom stereocenters. The van der Waals surface area contributed by atoms with E-state index in [2.05, 4.69) is 10.6 Å². The van der Waals surface area contributed by atoms with Gasteiger partial charge in [0.25, 0.3) is 0 Å². The van der Waals surface area contributed by atoms with Crippen molar-refractivity contribution in [3.05, 3.63) is 23.7 Å². The fraction of sp³-hybridized carbons (Fsp3) is 0.538. The third-order valence-electron chi connectivity index (χ3n) is 2.96. The highest BCUT2D eigenvalue weighted by molar-refractivity contribution is 5.88. The molecule has 0 radical (unpaired) electrons. The Morgan fingerprint density at radius 3 is 2.89 bits per heavy atom. The van der Waals surface area contributed by atoms with Gasteiger partial charge in [-0.1, -0.05) is 0 Å². The van der Waals surface area contributed by atoms with E-state index in [4.69, 9.17) is 9.52 Å². The summed E-state index contributed by atoms with van der Waals surface area (Å²) >= 11 is 0. The smallest absolute Gasteiger partial charge is 0.339 e. The fourth-order valence-electron chi connectivity index (χ4n) is 1.77. The molecule has 1 aromatic heterocycles. The summed E-state index contributed by atoms with van der Waals surface area (Å²) in [5.74, 6) is -0.488. The standard InChI is InChI=1S/C13H18N2O4/c16-12(15-9-3-4-9)2-1-6-14-8-11-10(13(17)18)5-7-19-11/h5,7,9,14H,1-4,6,8H2,(H,15,16)(H,17,18). The lowest BCUT2D eigenvalue weighted by molar-refractivity contribution is -0.121. The van der Waals surface area contributed by atoms with E-state index in [0.29, 0.717) is 31.3 Å². The maximum atomic E-state index is 11.4. The second-order valence-corrected chi connectivity index (χ2v) is 4.68. The Labute approximate surface area is 111 Å². The summed E-state index contributed by atoms with van der Waals surface area (Å²) in [6.45, 7) is 1.01. The number of aromatic carboxylic acids is 1. The minimum atomic E-state index is -0.991. The molecule has 1 aliphatic rings. The Morgan fingerprint density at radius 1 is 1.42 bits per heavy atom. The molecule has 3 N–H and O–H groups in total. The molecule has 104 valence electrons. The summed E-state index contributed by atoms with van der Waals surface area (Å²) in [6, 6.07) is 1.84. The number of hydrogen-bond donors (Lipinski definition) is 3. The van der Waals surface area contributed by atoms with Crippen molar-refractivity contribution in [1.82, 2.24) is 10.6 Å². The van der Waals surface area contributed by atoms with E-state index < -0.39 is 5.97 Å². The van der Waals surface area contributed by atoms with Crippen molar-refractivity contribution >= 4 is 11.9 Å². The summed E-state index contributed by atoms with van der Waals surface area (Å²) in [5.41, 5.74) is 0.180. The molecule has 6 nitrogen and oxygen atoms in total. The average molecular weight is 266 g/mol. The number of carbonyl (C=O) groups is 2. The molecule has 0 spiro atoms. The highest BCUT2D eigenvalue weighted by Gasteiger charge is 2.22. The minimum Gasteiger partial charge on any atom is -0.478 e. The number of amides is 1. The van der Waals surface area contributed by atoms with E-state index in [1.165, 1.54) is 12.3 Å². The van der Waals surface area contributed by atoms with Gasteiger partial charge in [0.15, 0.2) is 0 Å². The van der Waals surface area contributed by atoms with E-state index >= 15 is 0 Å². The molecular formula is C13H18N2O4. The van der Waals surface area contributed by atoms with Gasteiger partial charge in [-0.2, -0.15) is 0 Å². The first kappa shape index (κ1) is 13.6. The van der Waals surface area contributed by atoms with Crippen LogP contribution in [0.1, 0.15) is 41.8 Å². The zero-order valence-corrected chi connectivity index (χ0v) is 10.6. The molecule has 1 heterocycles. The number of nitrogens with one attached hydrogen (secondary N) is 2. The number of carboxylic acid groups (broad SMARTS) is 1. The van der Waals surface area contributed by atoms with Crippen LogP contribution in [0.5, 0.6) is 0 Å². The van der Waals surface area contributed by atoms with Crippen LogP contribution in [0.3, 0.4) is 0 Å². The molecule has 6 heteroatoms. The van der Waals surface area contributed by atoms with Crippen LogP contribution in [0.2, 0.25) is 0 Å². The van der Waals surface area contributed by atoms with Crippen LogP contribution in [0, 0.1) is 0 Å². The summed E-state index contributed by atoms with van der Waals surface area (Å²) in [6.07, 6.45) is 4.78. The van der Waals surface area contributed by atoms with Gasteiger partial charge in [0, 0.05) is 12.5 Å². The van der Waals surface area contributed by atoms with Crippen LogP contribution in [0.15, 0.2) is 16.7 Å². The van der Waals surface area contributed by atoms with Crippen molar-refractivity contribution in [1.29, 1.82) is 0 Å².